The Morgan fingerprint density at radius 1 is 1.03 bits per heavy atom. The summed E-state index contributed by atoms with van der Waals surface area (Å²) in [4.78, 5) is 34.4. The van der Waals surface area contributed by atoms with Crippen LogP contribution in [0.1, 0.15) is 35.9 Å². The molecule has 0 atom stereocenters. The van der Waals surface area contributed by atoms with Crippen molar-refractivity contribution in [3.05, 3.63) is 72.1 Å². The van der Waals surface area contributed by atoms with Gasteiger partial charge < -0.3 is 4.74 Å². The first kappa shape index (κ1) is 21.2. The Morgan fingerprint density at radius 3 is 2.30 bits per heavy atom. The summed E-state index contributed by atoms with van der Waals surface area (Å²) >= 11 is 1.61. The minimum Gasteiger partial charge on any atom is -0.452 e. The quantitative estimate of drug-likeness (QED) is 0.386. The van der Waals surface area contributed by atoms with Crippen molar-refractivity contribution in [1.82, 2.24) is 14.8 Å². The highest BCUT2D eigenvalue weighted by Gasteiger charge is 2.29. The van der Waals surface area contributed by atoms with Gasteiger partial charge in [0.1, 0.15) is 0 Å². The van der Waals surface area contributed by atoms with E-state index in [9.17, 15) is 9.59 Å². The van der Waals surface area contributed by atoms with Gasteiger partial charge in [-0.25, -0.2) is 14.5 Å². The van der Waals surface area contributed by atoms with E-state index in [4.69, 9.17) is 4.74 Å². The number of carbonyl (C=O) groups excluding carboxylic acids is 2. The average Bonchev–Trinajstić information content (AvgIpc) is 3.24. The highest BCUT2D eigenvalue weighted by Crippen LogP contribution is 2.47. The summed E-state index contributed by atoms with van der Waals surface area (Å²) in [6.45, 7) is 5.44. The number of aryl methyl sites for hydroxylation is 1. The lowest BCUT2D eigenvalue weighted by atomic mass is 10.1. The lowest BCUT2D eigenvalue weighted by molar-refractivity contribution is -0.121. The molecule has 1 aliphatic rings. The second-order valence-electron chi connectivity index (χ2n) is 8.07. The van der Waals surface area contributed by atoms with Crippen LogP contribution in [0.15, 0.2) is 70.6 Å². The number of para-hydroxylation sites is 2. The van der Waals surface area contributed by atoms with Gasteiger partial charge in [0.15, 0.2) is 12.3 Å². The van der Waals surface area contributed by atoms with E-state index in [1.54, 1.807) is 33.6 Å². The van der Waals surface area contributed by atoms with Crippen LogP contribution in [0.3, 0.4) is 0 Å². The molecular weight excluding hydrogens is 436 g/mol. The molecule has 0 radical (unpaired) electrons. The number of aromatic nitrogens is 3. The number of carbonyl (C=O) groups is 2. The van der Waals surface area contributed by atoms with Crippen LogP contribution in [0.25, 0.3) is 11.0 Å². The summed E-state index contributed by atoms with van der Waals surface area (Å²) in [6, 6.07) is 17.2. The zero-order valence-electron chi connectivity index (χ0n) is 18.5. The molecule has 0 N–H and O–H groups in total. The van der Waals surface area contributed by atoms with Gasteiger partial charge >= 0.3 is 5.97 Å². The molecule has 0 spiro atoms. The summed E-state index contributed by atoms with van der Waals surface area (Å²) in [5, 5.41) is 4.97. The van der Waals surface area contributed by atoms with Gasteiger partial charge in [0.2, 0.25) is 0 Å². The number of nitrogens with zero attached hydrogens (tertiary/aromatic N) is 4. The van der Waals surface area contributed by atoms with Gasteiger partial charge in [-0.15, -0.1) is 0 Å². The van der Waals surface area contributed by atoms with Gasteiger partial charge in [-0.05, 0) is 51.1 Å². The van der Waals surface area contributed by atoms with Gasteiger partial charge in [-0.2, -0.15) is 5.10 Å². The van der Waals surface area contributed by atoms with Gasteiger partial charge in [0.05, 0.1) is 28.5 Å². The topological polar surface area (TPSA) is 77.3 Å². The lowest BCUT2D eigenvalue weighted by Crippen LogP contribution is -2.32. The van der Waals surface area contributed by atoms with Gasteiger partial charge in [0, 0.05) is 21.5 Å². The predicted octanol–water partition coefficient (Wildman–Crippen LogP) is 5.31. The Labute approximate surface area is 195 Å². The Bertz CT molecular complexity index is 1350. The van der Waals surface area contributed by atoms with Crippen LogP contribution < -0.4 is 4.90 Å². The van der Waals surface area contributed by atoms with Crippen LogP contribution in [-0.4, -0.2) is 33.2 Å². The summed E-state index contributed by atoms with van der Waals surface area (Å²) in [5.74, 6) is -0.890. The number of ether oxygens (including phenoxy) is 1. The minimum atomic E-state index is -0.574. The number of pyridine rings is 1. The van der Waals surface area contributed by atoms with E-state index in [0.717, 1.165) is 21.2 Å². The van der Waals surface area contributed by atoms with E-state index in [1.165, 1.54) is 0 Å². The summed E-state index contributed by atoms with van der Waals surface area (Å²) in [6.07, 6.45) is 1.62. The molecule has 2 aromatic carbocycles. The smallest absolute Gasteiger partial charge is 0.339 e. The molecule has 0 fully saturated rings. The predicted molar refractivity (Wildman–Crippen MR) is 127 cm³/mol. The third-order valence-corrected chi connectivity index (χ3v) is 6.54. The molecule has 0 saturated heterocycles. The van der Waals surface area contributed by atoms with E-state index in [0.29, 0.717) is 22.3 Å². The van der Waals surface area contributed by atoms with Crippen molar-refractivity contribution in [3.8, 4) is 0 Å². The average molecular weight is 459 g/mol. The van der Waals surface area contributed by atoms with Gasteiger partial charge in [-0.1, -0.05) is 36.0 Å². The molecular formula is C25H22N4O3S. The minimum absolute atomic E-state index is 0.0966. The fourth-order valence-corrected chi connectivity index (χ4v) is 4.99. The van der Waals surface area contributed by atoms with E-state index in [1.807, 2.05) is 69.3 Å². The van der Waals surface area contributed by atoms with Crippen LogP contribution in [-0.2, 0) is 9.53 Å². The normalized spacial score (nSPS) is 12.5. The van der Waals surface area contributed by atoms with Crippen molar-refractivity contribution in [2.75, 3.05) is 11.5 Å². The number of anilines is 2. The first-order valence-corrected chi connectivity index (χ1v) is 11.5. The Kier molecular flexibility index (Phi) is 5.38. The number of amides is 1. The highest BCUT2D eigenvalue weighted by molar-refractivity contribution is 7.99. The number of rotatable bonds is 4. The number of esters is 1. The maximum atomic E-state index is 13.3. The van der Waals surface area contributed by atoms with E-state index >= 15 is 0 Å². The van der Waals surface area contributed by atoms with Crippen LogP contribution >= 0.6 is 11.8 Å². The van der Waals surface area contributed by atoms with E-state index in [2.05, 4.69) is 10.1 Å². The summed E-state index contributed by atoms with van der Waals surface area (Å²) in [5.41, 5.74) is 3.22. The van der Waals surface area contributed by atoms with Gasteiger partial charge in [0.25, 0.3) is 5.91 Å². The molecule has 33 heavy (non-hydrogen) atoms. The molecule has 0 unspecified atom stereocenters. The fourth-order valence-electron chi connectivity index (χ4n) is 3.93. The first-order valence-electron chi connectivity index (χ1n) is 10.6. The maximum Gasteiger partial charge on any atom is 0.339 e. The molecule has 3 heterocycles. The SMILES string of the molecule is Cc1cc(C(=O)OCC(=O)N2c3ccccc3Sc3ccccc32)c2cnn(C(C)C)c2n1. The standard InChI is InChI=1S/C25H22N4O3S/c1-15(2)29-24-18(13-26-29)17(12-16(3)27-24)25(31)32-14-23(30)28-19-8-4-6-10-21(19)33-22-11-7-5-9-20(22)28/h4-13,15H,14H2,1-3H3. The zero-order valence-corrected chi connectivity index (χ0v) is 19.3. The molecule has 7 nitrogen and oxygen atoms in total. The molecule has 4 aromatic rings. The van der Waals surface area contributed by atoms with Crippen LogP contribution in [0.4, 0.5) is 11.4 Å². The third kappa shape index (κ3) is 3.76. The largest absolute Gasteiger partial charge is 0.452 e. The number of fused-ring (bicyclic) bond motifs is 3. The molecule has 8 heteroatoms. The van der Waals surface area contributed by atoms with Crippen molar-refractivity contribution in [1.29, 1.82) is 0 Å². The molecule has 0 saturated carbocycles. The Balaban J connectivity index is 1.42. The molecule has 0 aliphatic carbocycles. The molecule has 5 rings (SSSR count). The summed E-state index contributed by atoms with van der Waals surface area (Å²) < 4.78 is 7.27. The van der Waals surface area contributed by atoms with Crippen LogP contribution in [0.5, 0.6) is 0 Å². The first-order chi connectivity index (χ1) is 15.9. The highest BCUT2D eigenvalue weighted by atomic mass is 32.2. The zero-order chi connectivity index (χ0) is 23.1. The lowest BCUT2D eigenvalue weighted by Gasteiger charge is -2.30. The van der Waals surface area contributed by atoms with Crippen molar-refractivity contribution >= 4 is 46.0 Å². The Hall–Kier alpha value is -3.65. The number of benzene rings is 2. The fraction of sp³-hybridized carbons (Fsp3) is 0.200. The molecule has 1 aliphatic heterocycles. The van der Waals surface area contributed by atoms with E-state index in [-0.39, 0.29) is 18.6 Å². The second-order valence-corrected chi connectivity index (χ2v) is 9.16. The van der Waals surface area contributed by atoms with Gasteiger partial charge in [-0.3, -0.25) is 9.69 Å². The summed E-state index contributed by atoms with van der Waals surface area (Å²) in [7, 11) is 0. The van der Waals surface area contributed by atoms with Crippen molar-refractivity contribution in [2.24, 2.45) is 0 Å². The molecule has 0 bridgehead atoms. The molecule has 166 valence electrons. The monoisotopic (exact) mass is 458 g/mol. The van der Waals surface area contributed by atoms with Crippen LogP contribution in [0.2, 0.25) is 0 Å². The van der Waals surface area contributed by atoms with E-state index < -0.39 is 5.97 Å². The second kappa shape index (κ2) is 8.37. The maximum absolute atomic E-state index is 13.3. The Morgan fingerprint density at radius 2 is 1.67 bits per heavy atom. The third-order valence-electron chi connectivity index (χ3n) is 5.41. The number of hydrogen-bond acceptors (Lipinski definition) is 6. The van der Waals surface area contributed by atoms with Crippen molar-refractivity contribution < 1.29 is 14.3 Å². The van der Waals surface area contributed by atoms with Crippen LogP contribution in [0, 0.1) is 6.92 Å². The van der Waals surface area contributed by atoms with Crippen molar-refractivity contribution in [2.45, 2.75) is 36.6 Å². The van der Waals surface area contributed by atoms with Crippen molar-refractivity contribution in [3.63, 3.8) is 0 Å². The molecule has 2 aromatic heterocycles. The number of hydrogen-bond donors (Lipinski definition) is 0. The molecule has 1 amide bonds.